The number of ether oxygens (including phenoxy) is 1. The van der Waals surface area contributed by atoms with Gasteiger partial charge in [-0.2, -0.15) is 0 Å². The monoisotopic (exact) mass is 351 g/mol. The highest BCUT2D eigenvalue weighted by atomic mass is 16.5. The number of hydrogen-bond acceptors (Lipinski definition) is 5. The van der Waals surface area contributed by atoms with Crippen molar-refractivity contribution in [3.63, 3.8) is 0 Å². The average Bonchev–Trinajstić information content (AvgIpc) is 3.22. The summed E-state index contributed by atoms with van der Waals surface area (Å²) < 4.78 is 10.7. The maximum absolute atomic E-state index is 12.3. The molecule has 0 unspecified atom stereocenters. The first-order chi connectivity index (χ1) is 12.8. The number of carbonyl (C=O) groups excluding carboxylic acids is 1. The Morgan fingerprint density at radius 1 is 1.15 bits per heavy atom. The summed E-state index contributed by atoms with van der Waals surface area (Å²) in [5, 5.41) is 10.5. The van der Waals surface area contributed by atoms with Crippen LogP contribution in [0.1, 0.15) is 31.4 Å². The molecule has 0 spiro atoms. The Hall–Kier alpha value is -3.15. The topological polar surface area (TPSA) is 77.2 Å². The Kier molecular flexibility index (Phi) is 5.98. The van der Waals surface area contributed by atoms with E-state index in [-0.39, 0.29) is 18.6 Å². The zero-order valence-electron chi connectivity index (χ0n) is 14.6. The van der Waals surface area contributed by atoms with Gasteiger partial charge < -0.3 is 14.5 Å². The van der Waals surface area contributed by atoms with Crippen molar-refractivity contribution in [2.45, 2.75) is 25.8 Å². The van der Waals surface area contributed by atoms with Crippen molar-refractivity contribution in [2.75, 3.05) is 6.61 Å². The van der Waals surface area contributed by atoms with Crippen molar-refractivity contribution >= 4 is 5.91 Å². The van der Waals surface area contributed by atoms with Gasteiger partial charge in [0.1, 0.15) is 5.75 Å². The van der Waals surface area contributed by atoms with Crippen LogP contribution >= 0.6 is 0 Å². The van der Waals surface area contributed by atoms with Crippen LogP contribution in [0.5, 0.6) is 5.75 Å². The third kappa shape index (κ3) is 4.69. The lowest BCUT2D eigenvalue weighted by Gasteiger charge is -2.18. The largest absolute Gasteiger partial charge is 0.484 e. The number of amides is 1. The van der Waals surface area contributed by atoms with Crippen molar-refractivity contribution in [1.82, 2.24) is 15.5 Å². The van der Waals surface area contributed by atoms with E-state index in [1.807, 2.05) is 42.5 Å². The Morgan fingerprint density at radius 3 is 2.58 bits per heavy atom. The first-order valence-corrected chi connectivity index (χ1v) is 8.60. The molecule has 0 saturated heterocycles. The van der Waals surface area contributed by atoms with Crippen LogP contribution < -0.4 is 10.1 Å². The van der Waals surface area contributed by atoms with E-state index < -0.39 is 0 Å². The number of nitrogens with one attached hydrogen (secondary N) is 1. The zero-order valence-corrected chi connectivity index (χ0v) is 14.6. The second-order valence-corrected chi connectivity index (χ2v) is 5.88. The molecule has 0 radical (unpaired) electrons. The highest BCUT2D eigenvalue weighted by Crippen LogP contribution is 2.21. The van der Waals surface area contributed by atoms with Crippen LogP contribution in [-0.2, 0) is 4.79 Å². The molecule has 0 aliphatic rings. The van der Waals surface area contributed by atoms with Crippen LogP contribution in [0.3, 0.4) is 0 Å². The van der Waals surface area contributed by atoms with Crippen molar-refractivity contribution in [3.05, 3.63) is 66.6 Å². The summed E-state index contributed by atoms with van der Waals surface area (Å²) in [7, 11) is 0. The fourth-order valence-electron chi connectivity index (χ4n) is 2.67. The summed E-state index contributed by atoms with van der Waals surface area (Å²) >= 11 is 0. The number of benzene rings is 2. The summed E-state index contributed by atoms with van der Waals surface area (Å²) in [6, 6.07) is 17.1. The Morgan fingerprint density at radius 2 is 1.92 bits per heavy atom. The number of nitrogens with zero attached hydrogens (tertiary/aromatic N) is 2. The number of rotatable bonds is 8. The first-order valence-electron chi connectivity index (χ1n) is 8.60. The minimum atomic E-state index is -0.145. The molecule has 2 aromatic carbocycles. The second kappa shape index (κ2) is 8.80. The van der Waals surface area contributed by atoms with E-state index in [9.17, 15) is 4.79 Å². The molecule has 0 aliphatic carbocycles. The van der Waals surface area contributed by atoms with Crippen LogP contribution in [-0.4, -0.2) is 22.7 Å². The predicted molar refractivity (Wildman–Crippen MR) is 97.5 cm³/mol. The van der Waals surface area contributed by atoms with E-state index in [4.69, 9.17) is 9.15 Å². The SMILES string of the molecule is CCC[C@@H](NC(=O)COc1ccc(-c2nnco2)cc1)c1ccccc1. The molecule has 1 N–H and O–H groups in total. The van der Waals surface area contributed by atoms with E-state index in [0.29, 0.717) is 11.6 Å². The van der Waals surface area contributed by atoms with Gasteiger partial charge in [0.15, 0.2) is 6.61 Å². The van der Waals surface area contributed by atoms with Crippen molar-refractivity contribution in [1.29, 1.82) is 0 Å². The molecular weight excluding hydrogens is 330 g/mol. The van der Waals surface area contributed by atoms with Gasteiger partial charge in [-0.3, -0.25) is 4.79 Å². The van der Waals surface area contributed by atoms with Gasteiger partial charge in [0.2, 0.25) is 12.3 Å². The molecule has 26 heavy (non-hydrogen) atoms. The summed E-state index contributed by atoms with van der Waals surface area (Å²) in [5.41, 5.74) is 1.90. The Labute approximate surface area is 152 Å². The molecule has 3 aromatic rings. The molecule has 1 atom stereocenters. The van der Waals surface area contributed by atoms with Gasteiger partial charge >= 0.3 is 0 Å². The van der Waals surface area contributed by atoms with Crippen molar-refractivity contribution < 1.29 is 13.9 Å². The highest BCUT2D eigenvalue weighted by molar-refractivity contribution is 5.78. The van der Waals surface area contributed by atoms with Crippen LogP contribution in [0.4, 0.5) is 0 Å². The van der Waals surface area contributed by atoms with Gasteiger partial charge in [-0.25, -0.2) is 0 Å². The Bertz CT molecular complexity index is 802. The molecule has 1 heterocycles. The number of aromatic nitrogens is 2. The molecule has 0 bridgehead atoms. The molecule has 0 saturated carbocycles. The molecule has 134 valence electrons. The van der Waals surface area contributed by atoms with Crippen molar-refractivity contribution in [2.24, 2.45) is 0 Å². The molecule has 3 rings (SSSR count). The van der Waals surface area contributed by atoms with Gasteiger partial charge in [0.25, 0.3) is 5.91 Å². The second-order valence-electron chi connectivity index (χ2n) is 5.88. The van der Waals surface area contributed by atoms with Gasteiger partial charge in [-0.1, -0.05) is 43.7 Å². The van der Waals surface area contributed by atoms with Gasteiger partial charge in [-0.05, 0) is 36.2 Å². The summed E-state index contributed by atoms with van der Waals surface area (Å²) in [5.74, 6) is 0.906. The quantitative estimate of drug-likeness (QED) is 0.668. The predicted octanol–water partition coefficient (Wildman–Crippen LogP) is 3.77. The van der Waals surface area contributed by atoms with E-state index in [1.165, 1.54) is 6.39 Å². The molecule has 0 fully saturated rings. The third-order valence-electron chi connectivity index (χ3n) is 3.95. The van der Waals surface area contributed by atoms with Gasteiger partial charge in [-0.15, -0.1) is 10.2 Å². The smallest absolute Gasteiger partial charge is 0.258 e. The van der Waals surface area contributed by atoms with E-state index in [1.54, 1.807) is 12.1 Å². The fraction of sp³-hybridized carbons (Fsp3) is 0.250. The maximum atomic E-state index is 12.3. The first kappa shape index (κ1) is 17.7. The molecule has 6 nitrogen and oxygen atoms in total. The molecule has 0 aliphatic heterocycles. The summed E-state index contributed by atoms with van der Waals surface area (Å²) in [6.45, 7) is 2.07. The molecule has 6 heteroatoms. The number of carbonyl (C=O) groups is 1. The number of hydrogen-bond donors (Lipinski definition) is 1. The maximum Gasteiger partial charge on any atom is 0.258 e. The normalized spacial score (nSPS) is 11.7. The molecule has 1 aromatic heterocycles. The fourth-order valence-corrected chi connectivity index (χ4v) is 2.67. The standard InChI is InChI=1S/C20H21N3O3/c1-2-6-18(15-7-4-3-5-8-15)22-19(24)13-25-17-11-9-16(10-12-17)20-23-21-14-26-20/h3-5,7-12,14,18H,2,6,13H2,1H3,(H,22,24)/t18-/m1/s1. The third-order valence-corrected chi connectivity index (χ3v) is 3.95. The average molecular weight is 351 g/mol. The van der Waals surface area contributed by atoms with Gasteiger partial charge in [0.05, 0.1) is 6.04 Å². The summed E-state index contributed by atoms with van der Waals surface area (Å²) in [4.78, 5) is 12.3. The lowest BCUT2D eigenvalue weighted by atomic mass is 10.0. The highest BCUT2D eigenvalue weighted by Gasteiger charge is 2.14. The molecule has 1 amide bonds. The van der Waals surface area contributed by atoms with Gasteiger partial charge in [0, 0.05) is 5.56 Å². The minimum absolute atomic E-state index is 0.00259. The van der Waals surface area contributed by atoms with Crippen LogP contribution in [0.15, 0.2) is 65.4 Å². The van der Waals surface area contributed by atoms with E-state index in [2.05, 4.69) is 22.4 Å². The Balaban J connectivity index is 1.54. The van der Waals surface area contributed by atoms with Crippen LogP contribution in [0, 0.1) is 0 Å². The van der Waals surface area contributed by atoms with E-state index >= 15 is 0 Å². The summed E-state index contributed by atoms with van der Waals surface area (Å²) in [6.07, 6.45) is 3.15. The van der Waals surface area contributed by atoms with Crippen LogP contribution in [0.25, 0.3) is 11.5 Å². The van der Waals surface area contributed by atoms with Crippen molar-refractivity contribution in [3.8, 4) is 17.2 Å². The lowest BCUT2D eigenvalue weighted by molar-refractivity contribution is -0.123. The van der Waals surface area contributed by atoms with Crippen LogP contribution in [0.2, 0.25) is 0 Å². The molecular formula is C20H21N3O3. The minimum Gasteiger partial charge on any atom is -0.484 e. The van der Waals surface area contributed by atoms with E-state index in [0.717, 1.165) is 24.0 Å². The zero-order chi connectivity index (χ0) is 18.2. The lowest BCUT2D eigenvalue weighted by Crippen LogP contribution is -2.32.